The van der Waals surface area contributed by atoms with Gasteiger partial charge in [-0.15, -0.1) is 0 Å². The van der Waals surface area contributed by atoms with Gasteiger partial charge in [0.1, 0.15) is 5.75 Å². The Morgan fingerprint density at radius 3 is 2.62 bits per heavy atom. The minimum Gasteiger partial charge on any atom is -0.493 e. The summed E-state index contributed by atoms with van der Waals surface area (Å²) in [5.74, 6) is -0.152. The third kappa shape index (κ3) is 5.54. The van der Waals surface area contributed by atoms with Crippen molar-refractivity contribution in [2.75, 3.05) is 18.5 Å². The first-order valence-electron chi connectivity index (χ1n) is 9.35. The Hall–Kier alpha value is -2.93. The van der Waals surface area contributed by atoms with Crippen LogP contribution in [0.1, 0.15) is 28.7 Å². The van der Waals surface area contributed by atoms with E-state index in [2.05, 4.69) is 16.4 Å². The number of esters is 1. The molecule has 0 spiro atoms. The number of rotatable bonds is 7. The zero-order valence-electron chi connectivity index (χ0n) is 17.0. The predicted molar refractivity (Wildman–Crippen MR) is 115 cm³/mol. The van der Waals surface area contributed by atoms with Crippen molar-refractivity contribution in [2.45, 2.75) is 34.1 Å². The number of ether oxygens (including phenoxy) is 2. The van der Waals surface area contributed by atoms with Gasteiger partial charge < -0.3 is 9.47 Å². The Kier molecular flexibility index (Phi) is 6.49. The molecule has 7 heteroatoms. The minimum absolute atomic E-state index is 0.0697. The molecule has 0 saturated heterocycles. The smallest absolute Gasteiger partial charge is 0.309 e. The molecule has 152 valence electrons. The molecular formula is C22H24N2O4S. The van der Waals surface area contributed by atoms with Crippen molar-refractivity contribution in [1.29, 1.82) is 0 Å². The first-order chi connectivity index (χ1) is 13.8. The van der Waals surface area contributed by atoms with Crippen molar-refractivity contribution < 1.29 is 19.1 Å². The first kappa shape index (κ1) is 20.8. The Morgan fingerprint density at radius 1 is 1.03 bits per heavy atom. The van der Waals surface area contributed by atoms with Crippen LogP contribution in [0.4, 0.5) is 5.13 Å². The number of nitrogens with zero attached hydrogens (tertiary/aromatic N) is 1. The number of aromatic nitrogens is 1. The van der Waals surface area contributed by atoms with Crippen LogP contribution in [0.5, 0.6) is 5.75 Å². The van der Waals surface area contributed by atoms with Gasteiger partial charge in [0.25, 0.3) is 5.91 Å². The molecule has 3 rings (SSSR count). The summed E-state index contributed by atoms with van der Waals surface area (Å²) in [7, 11) is 0. The van der Waals surface area contributed by atoms with Gasteiger partial charge in [0.05, 0.1) is 23.2 Å². The molecular weight excluding hydrogens is 388 g/mol. The molecule has 2 aromatic carbocycles. The number of benzene rings is 2. The summed E-state index contributed by atoms with van der Waals surface area (Å²) in [6.07, 6.45) is 0.0697. The highest BCUT2D eigenvalue weighted by Crippen LogP contribution is 2.29. The second-order valence-electron chi connectivity index (χ2n) is 7.02. The first-order valence-corrected chi connectivity index (χ1v) is 10.2. The number of carbonyl (C=O) groups excluding carboxylic acids is 2. The van der Waals surface area contributed by atoms with Crippen LogP contribution in [-0.2, 0) is 14.3 Å². The van der Waals surface area contributed by atoms with Crippen molar-refractivity contribution in [3.8, 4) is 5.75 Å². The van der Waals surface area contributed by atoms with E-state index >= 15 is 0 Å². The van der Waals surface area contributed by atoms with Crippen molar-refractivity contribution in [1.82, 2.24) is 4.98 Å². The fraction of sp³-hybridized carbons (Fsp3) is 0.318. The quantitative estimate of drug-likeness (QED) is 0.579. The lowest BCUT2D eigenvalue weighted by Gasteiger charge is -2.10. The van der Waals surface area contributed by atoms with E-state index in [1.807, 2.05) is 52.0 Å². The highest BCUT2D eigenvalue weighted by Gasteiger charge is 2.12. The van der Waals surface area contributed by atoms with E-state index in [0.717, 1.165) is 38.2 Å². The highest BCUT2D eigenvalue weighted by atomic mass is 32.1. The third-order valence-electron chi connectivity index (χ3n) is 4.35. The number of thiazole rings is 1. The third-order valence-corrected chi connectivity index (χ3v) is 5.27. The van der Waals surface area contributed by atoms with Gasteiger partial charge in [-0.2, -0.15) is 0 Å². The molecule has 0 aliphatic heterocycles. The number of carbonyl (C=O) groups is 2. The number of hydrogen-bond acceptors (Lipinski definition) is 6. The van der Waals surface area contributed by atoms with Gasteiger partial charge >= 0.3 is 5.97 Å². The summed E-state index contributed by atoms with van der Waals surface area (Å²) in [5, 5.41) is 3.18. The van der Waals surface area contributed by atoms with Crippen molar-refractivity contribution >= 4 is 38.6 Å². The van der Waals surface area contributed by atoms with Crippen LogP contribution in [0.2, 0.25) is 0 Å². The molecule has 0 bridgehead atoms. The van der Waals surface area contributed by atoms with E-state index in [1.165, 1.54) is 11.3 Å². The molecule has 1 heterocycles. The number of fused-ring (bicyclic) bond motifs is 1. The summed E-state index contributed by atoms with van der Waals surface area (Å²) < 4.78 is 11.7. The van der Waals surface area contributed by atoms with Crippen LogP contribution in [-0.4, -0.2) is 30.1 Å². The Labute approximate surface area is 173 Å². The van der Waals surface area contributed by atoms with Gasteiger partial charge in [-0.05, 0) is 62.1 Å². The molecule has 0 unspecified atom stereocenters. The Bertz CT molecular complexity index is 1060. The number of nitrogens with one attached hydrogen (secondary N) is 1. The van der Waals surface area contributed by atoms with Gasteiger partial charge in [0.15, 0.2) is 11.7 Å². The standard InChI is InChI=1S/C22H24N2O4S/c1-13-5-6-15(3)17(10-13)27-8-7-20(26)28-12-19(25)23-22-24-21-16(4)9-14(2)11-18(21)29-22/h5-6,9-11H,7-8,12H2,1-4H3,(H,23,24,25). The second-order valence-corrected chi connectivity index (χ2v) is 8.05. The molecule has 0 aliphatic rings. The van der Waals surface area contributed by atoms with Crippen LogP contribution in [0.3, 0.4) is 0 Å². The molecule has 1 amide bonds. The summed E-state index contributed by atoms with van der Waals surface area (Å²) in [5.41, 5.74) is 5.17. The van der Waals surface area contributed by atoms with Gasteiger partial charge in [-0.25, -0.2) is 4.98 Å². The van der Waals surface area contributed by atoms with E-state index in [-0.39, 0.29) is 19.6 Å². The number of anilines is 1. The van der Waals surface area contributed by atoms with Crippen LogP contribution < -0.4 is 10.1 Å². The molecule has 0 fully saturated rings. The van der Waals surface area contributed by atoms with Crippen LogP contribution in [0.25, 0.3) is 10.2 Å². The molecule has 1 aromatic heterocycles. The maximum atomic E-state index is 12.1. The van der Waals surface area contributed by atoms with Crippen LogP contribution in [0, 0.1) is 27.7 Å². The van der Waals surface area contributed by atoms with E-state index < -0.39 is 11.9 Å². The number of amides is 1. The molecule has 0 saturated carbocycles. The molecule has 1 N–H and O–H groups in total. The van der Waals surface area contributed by atoms with Crippen LogP contribution in [0.15, 0.2) is 30.3 Å². The summed E-state index contributed by atoms with van der Waals surface area (Å²) in [4.78, 5) is 28.4. The molecule has 0 radical (unpaired) electrons. The van der Waals surface area contributed by atoms with Crippen molar-refractivity contribution in [2.24, 2.45) is 0 Å². The molecule has 29 heavy (non-hydrogen) atoms. The lowest BCUT2D eigenvalue weighted by atomic mass is 10.1. The van der Waals surface area contributed by atoms with E-state index in [4.69, 9.17) is 9.47 Å². The predicted octanol–water partition coefficient (Wildman–Crippen LogP) is 4.48. The summed E-state index contributed by atoms with van der Waals surface area (Å²) in [6.45, 7) is 7.78. The molecule has 3 aromatic rings. The Balaban J connectivity index is 1.45. The second kappa shape index (κ2) is 9.05. The fourth-order valence-corrected chi connectivity index (χ4v) is 3.96. The monoisotopic (exact) mass is 412 g/mol. The number of hydrogen-bond donors (Lipinski definition) is 1. The lowest BCUT2D eigenvalue weighted by molar-refractivity contribution is -0.147. The molecule has 0 aliphatic carbocycles. The van der Waals surface area contributed by atoms with Crippen molar-refractivity contribution in [3.05, 3.63) is 52.6 Å². The van der Waals surface area contributed by atoms with Gasteiger partial charge in [0.2, 0.25) is 0 Å². The van der Waals surface area contributed by atoms with Gasteiger partial charge in [-0.1, -0.05) is 29.5 Å². The fourth-order valence-electron chi connectivity index (χ4n) is 2.90. The summed E-state index contributed by atoms with van der Waals surface area (Å²) >= 11 is 1.40. The topological polar surface area (TPSA) is 77.5 Å². The van der Waals surface area contributed by atoms with Crippen LogP contribution >= 0.6 is 11.3 Å². The van der Waals surface area contributed by atoms with Crippen molar-refractivity contribution in [3.63, 3.8) is 0 Å². The largest absolute Gasteiger partial charge is 0.493 e. The van der Waals surface area contributed by atoms with E-state index in [9.17, 15) is 9.59 Å². The Morgan fingerprint density at radius 2 is 1.83 bits per heavy atom. The maximum Gasteiger partial charge on any atom is 0.309 e. The van der Waals surface area contributed by atoms with Gasteiger partial charge in [0, 0.05) is 0 Å². The highest BCUT2D eigenvalue weighted by molar-refractivity contribution is 7.22. The van der Waals surface area contributed by atoms with Gasteiger partial charge in [-0.3, -0.25) is 14.9 Å². The number of aryl methyl sites for hydroxylation is 4. The lowest BCUT2D eigenvalue weighted by Crippen LogP contribution is -2.21. The van der Waals surface area contributed by atoms with E-state index in [1.54, 1.807) is 0 Å². The normalized spacial score (nSPS) is 10.8. The maximum absolute atomic E-state index is 12.1. The average molecular weight is 413 g/mol. The molecule has 6 nitrogen and oxygen atoms in total. The minimum atomic E-state index is -0.485. The summed E-state index contributed by atoms with van der Waals surface area (Å²) in [6, 6.07) is 9.98. The average Bonchev–Trinajstić information content (AvgIpc) is 3.05. The zero-order valence-corrected chi connectivity index (χ0v) is 17.8. The molecule has 0 atom stereocenters. The SMILES string of the molecule is Cc1ccc(C)c(OCCC(=O)OCC(=O)Nc2nc3c(C)cc(C)cc3s2)c1. The zero-order chi connectivity index (χ0) is 21.0. The van der Waals surface area contributed by atoms with E-state index in [0.29, 0.717) is 5.13 Å².